The lowest BCUT2D eigenvalue weighted by molar-refractivity contribution is -0.119. The van der Waals surface area contributed by atoms with Gasteiger partial charge in [0, 0.05) is 27.0 Å². The number of aryl methyl sites for hydroxylation is 2. The van der Waals surface area contributed by atoms with Gasteiger partial charge in [-0.05, 0) is 35.7 Å². The molecule has 0 aliphatic carbocycles. The van der Waals surface area contributed by atoms with Crippen LogP contribution in [0.3, 0.4) is 0 Å². The second-order valence-corrected chi connectivity index (χ2v) is 5.28. The van der Waals surface area contributed by atoms with Crippen molar-refractivity contribution in [3.63, 3.8) is 0 Å². The van der Waals surface area contributed by atoms with Crippen LogP contribution in [0.2, 0.25) is 0 Å². The summed E-state index contributed by atoms with van der Waals surface area (Å²) in [6, 6.07) is 0. The standard InChI is InChI=1S/C13H21BrN2O2/c1-5-11-13(14)12(16(3)15-11)8-10(17)7-6-9(2)18-4/h9H,5-8H2,1-4H3. The molecule has 0 spiro atoms. The minimum Gasteiger partial charge on any atom is -0.382 e. The maximum atomic E-state index is 11.9. The lowest BCUT2D eigenvalue weighted by atomic mass is 10.1. The van der Waals surface area contributed by atoms with Gasteiger partial charge in [0.15, 0.2) is 0 Å². The smallest absolute Gasteiger partial charge is 0.138 e. The van der Waals surface area contributed by atoms with Crippen molar-refractivity contribution in [1.82, 2.24) is 9.78 Å². The van der Waals surface area contributed by atoms with Crippen molar-refractivity contribution in [2.24, 2.45) is 7.05 Å². The van der Waals surface area contributed by atoms with E-state index in [0.29, 0.717) is 12.8 Å². The minimum absolute atomic E-state index is 0.134. The Kier molecular flexibility index (Phi) is 6.02. The highest BCUT2D eigenvalue weighted by atomic mass is 79.9. The van der Waals surface area contributed by atoms with E-state index in [2.05, 4.69) is 28.0 Å². The lowest BCUT2D eigenvalue weighted by Gasteiger charge is -2.08. The first kappa shape index (κ1) is 15.4. The van der Waals surface area contributed by atoms with Crippen LogP contribution >= 0.6 is 15.9 Å². The topological polar surface area (TPSA) is 44.1 Å². The maximum absolute atomic E-state index is 11.9. The summed E-state index contributed by atoms with van der Waals surface area (Å²) in [4.78, 5) is 11.9. The number of carbonyl (C=O) groups excluding carboxylic acids is 1. The van der Waals surface area contributed by atoms with E-state index in [1.165, 1.54) is 0 Å². The molecule has 0 bridgehead atoms. The Morgan fingerprint density at radius 3 is 2.72 bits per heavy atom. The number of ketones is 1. The Hall–Kier alpha value is -0.680. The average Bonchev–Trinajstić information content (AvgIpc) is 2.63. The zero-order valence-corrected chi connectivity index (χ0v) is 13.1. The Balaban J connectivity index is 2.62. The van der Waals surface area contributed by atoms with E-state index in [1.807, 2.05) is 14.0 Å². The largest absolute Gasteiger partial charge is 0.382 e. The molecule has 0 saturated carbocycles. The molecule has 0 N–H and O–H groups in total. The molecule has 1 rings (SSSR count). The number of halogens is 1. The number of carbonyl (C=O) groups is 1. The Morgan fingerprint density at radius 2 is 2.22 bits per heavy atom. The second kappa shape index (κ2) is 7.04. The van der Waals surface area contributed by atoms with Gasteiger partial charge in [-0.25, -0.2) is 0 Å². The van der Waals surface area contributed by atoms with E-state index in [9.17, 15) is 4.79 Å². The molecule has 0 aliphatic rings. The third kappa shape index (κ3) is 3.92. The SMILES string of the molecule is CCc1nn(C)c(CC(=O)CCC(C)OC)c1Br. The van der Waals surface area contributed by atoms with Crippen molar-refractivity contribution in [2.45, 2.75) is 45.6 Å². The van der Waals surface area contributed by atoms with Gasteiger partial charge in [-0.3, -0.25) is 9.48 Å². The molecular weight excluding hydrogens is 296 g/mol. The van der Waals surface area contributed by atoms with Crippen LogP contribution < -0.4 is 0 Å². The number of Topliss-reactive ketones (excluding diaryl/α,β-unsaturated/α-hetero) is 1. The molecule has 1 aromatic heterocycles. The van der Waals surface area contributed by atoms with Crippen molar-refractivity contribution in [1.29, 1.82) is 0 Å². The minimum atomic E-state index is 0.134. The Morgan fingerprint density at radius 1 is 1.56 bits per heavy atom. The zero-order valence-electron chi connectivity index (χ0n) is 11.5. The zero-order chi connectivity index (χ0) is 13.7. The van der Waals surface area contributed by atoms with Crippen molar-refractivity contribution in [3.05, 3.63) is 15.9 Å². The number of nitrogens with zero attached hydrogens (tertiary/aromatic N) is 2. The van der Waals surface area contributed by atoms with Crippen molar-refractivity contribution in [3.8, 4) is 0 Å². The number of methoxy groups -OCH3 is 1. The van der Waals surface area contributed by atoms with Crippen molar-refractivity contribution in [2.75, 3.05) is 7.11 Å². The molecule has 1 heterocycles. The molecule has 0 radical (unpaired) electrons. The molecular formula is C13H21BrN2O2. The molecule has 0 aromatic carbocycles. The fraction of sp³-hybridized carbons (Fsp3) is 0.692. The third-order valence-corrected chi connectivity index (χ3v) is 4.02. The van der Waals surface area contributed by atoms with Gasteiger partial charge in [-0.1, -0.05) is 6.92 Å². The summed E-state index contributed by atoms with van der Waals surface area (Å²) >= 11 is 3.52. The molecule has 1 unspecified atom stereocenters. The molecule has 0 aliphatic heterocycles. The van der Waals surface area contributed by atoms with E-state index in [-0.39, 0.29) is 11.9 Å². The van der Waals surface area contributed by atoms with Crippen molar-refractivity contribution < 1.29 is 9.53 Å². The Labute approximate surface area is 117 Å². The second-order valence-electron chi connectivity index (χ2n) is 4.48. The highest BCUT2D eigenvalue weighted by Crippen LogP contribution is 2.22. The van der Waals surface area contributed by atoms with E-state index in [4.69, 9.17) is 4.74 Å². The predicted octanol–water partition coefficient (Wildman–Crippen LogP) is 2.67. The van der Waals surface area contributed by atoms with E-state index in [0.717, 1.165) is 28.7 Å². The predicted molar refractivity (Wildman–Crippen MR) is 74.7 cm³/mol. The summed E-state index contributed by atoms with van der Waals surface area (Å²) in [5.74, 6) is 0.227. The van der Waals surface area contributed by atoms with Gasteiger partial charge in [-0.2, -0.15) is 5.10 Å². The van der Waals surface area contributed by atoms with Gasteiger partial charge in [-0.15, -0.1) is 0 Å². The summed E-state index contributed by atoms with van der Waals surface area (Å²) < 4.78 is 7.91. The summed E-state index contributed by atoms with van der Waals surface area (Å²) in [5, 5.41) is 4.39. The number of aromatic nitrogens is 2. The van der Waals surface area contributed by atoms with Crippen LogP contribution in [0.5, 0.6) is 0 Å². The summed E-state index contributed by atoms with van der Waals surface area (Å²) in [7, 11) is 3.55. The van der Waals surface area contributed by atoms with Crippen LogP contribution in [0.1, 0.15) is 38.1 Å². The van der Waals surface area contributed by atoms with Gasteiger partial charge >= 0.3 is 0 Å². The van der Waals surface area contributed by atoms with E-state index < -0.39 is 0 Å². The fourth-order valence-electron chi connectivity index (χ4n) is 1.77. The van der Waals surface area contributed by atoms with Crippen LogP contribution in [0.15, 0.2) is 4.47 Å². The van der Waals surface area contributed by atoms with Crippen LogP contribution in [0, 0.1) is 0 Å². The normalized spacial score (nSPS) is 12.7. The fourth-order valence-corrected chi connectivity index (χ4v) is 2.53. The Bertz CT molecular complexity index is 415. The van der Waals surface area contributed by atoms with Gasteiger partial charge in [0.2, 0.25) is 0 Å². The molecule has 0 saturated heterocycles. The van der Waals surface area contributed by atoms with Gasteiger partial charge < -0.3 is 4.74 Å². The molecule has 102 valence electrons. The molecule has 1 aromatic rings. The number of hydrogen-bond acceptors (Lipinski definition) is 3. The number of rotatable bonds is 7. The first-order chi connectivity index (χ1) is 8.49. The third-order valence-electron chi connectivity index (χ3n) is 3.10. The summed E-state index contributed by atoms with van der Waals surface area (Å²) in [5.41, 5.74) is 1.97. The lowest BCUT2D eigenvalue weighted by Crippen LogP contribution is -2.12. The number of hydrogen-bond donors (Lipinski definition) is 0. The molecule has 1 atom stereocenters. The molecule has 4 nitrogen and oxygen atoms in total. The average molecular weight is 317 g/mol. The molecule has 18 heavy (non-hydrogen) atoms. The van der Waals surface area contributed by atoms with Crippen LogP contribution in [0.25, 0.3) is 0 Å². The quantitative estimate of drug-likeness (QED) is 0.776. The van der Waals surface area contributed by atoms with E-state index in [1.54, 1.807) is 11.8 Å². The van der Waals surface area contributed by atoms with Gasteiger partial charge in [0.1, 0.15) is 5.78 Å². The van der Waals surface area contributed by atoms with Gasteiger partial charge in [0.05, 0.1) is 22.0 Å². The number of ether oxygens (including phenoxy) is 1. The summed E-state index contributed by atoms with van der Waals surface area (Å²) in [6.45, 7) is 4.03. The molecule has 0 fully saturated rings. The highest BCUT2D eigenvalue weighted by Gasteiger charge is 2.16. The first-order valence-corrected chi connectivity index (χ1v) is 7.03. The molecule has 0 amide bonds. The maximum Gasteiger partial charge on any atom is 0.138 e. The van der Waals surface area contributed by atoms with Crippen LogP contribution in [-0.4, -0.2) is 28.8 Å². The van der Waals surface area contributed by atoms with Gasteiger partial charge in [0.25, 0.3) is 0 Å². The molecule has 5 heteroatoms. The first-order valence-electron chi connectivity index (χ1n) is 6.24. The van der Waals surface area contributed by atoms with E-state index >= 15 is 0 Å². The van der Waals surface area contributed by atoms with Crippen LogP contribution in [0.4, 0.5) is 0 Å². The summed E-state index contributed by atoms with van der Waals surface area (Å²) in [6.07, 6.45) is 2.75. The van der Waals surface area contributed by atoms with Crippen LogP contribution in [-0.2, 0) is 29.4 Å². The monoisotopic (exact) mass is 316 g/mol. The van der Waals surface area contributed by atoms with Crippen molar-refractivity contribution >= 4 is 21.7 Å². The highest BCUT2D eigenvalue weighted by molar-refractivity contribution is 9.10.